The predicted molar refractivity (Wildman–Crippen MR) is 90.0 cm³/mol. The first-order valence-corrected chi connectivity index (χ1v) is 9.71. The van der Waals surface area contributed by atoms with Gasteiger partial charge in [0, 0.05) is 31.2 Å². The molecule has 126 valence electrons. The van der Waals surface area contributed by atoms with Gasteiger partial charge in [-0.15, -0.1) is 0 Å². The Morgan fingerprint density at radius 2 is 1.91 bits per heavy atom. The molecular formula is C17H24N2O3S. The summed E-state index contributed by atoms with van der Waals surface area (Å²) in [7, 11) is -3.46. The molecule has 1 aromatic rings. The second kappa shape index (κ2) is 5.91. The monoisotopic (exact) mass is 336 g/mol. The number of hydrogen-bond acceptors (Lipinski definition) is 3. The van der Waals surface area contributed by atoms with E-state index in [9.17, 15) is 13.2 Å². The van der Waals surface area contributed by atoms with Crippen LogP contribution >= 0.6 is 0 Å². The first-order chi connectivity index (χ1) is 10.8. The van der Waals surface area contributed by atoms with Crippen LogP contribution in [0.2, 0.25) is 0 Å². The Morgan fingerprint density at radius 1 is 1.17 bits per heavy atom. The highest BCUT2D eigenvalue weighted by Crippen LogP contribution is 2.35. The first-order valence-electron chi connectivity index (χ1n) is 8.27. The molecule has 23 heavy (non-hydrogen) atoms. The van der Waals surface area contributed by atoms with Crippen molar-refractivity contribution < 1.29 is 13.2 Å². The molecule has 1 amide bonds. The highest BCUT2D eigenvalue weighted by molar-refractivity contribution is 7.89. The Kier molecular flexibility index (Phi) is 4.23. The standard InChI is InChI=1S/C17H24N2O3S/c1-12-6-4-5-9-18(12)23(21,22)16-7-8-17-15(11-16)10-13(2)19(17)14(3)20/h7-8,11-13H,4-6,9-10H2,1-3H3/t12-,13+/m1/s1. The normalized spacial score (nSPS) is 25.4. The lowest BCUT2D eigenvalue weighted by Gasteiger charge is -2.32. The van der Waals surface area contributed by atoms with Crippen LogP contribution in [0.4, 0.5) is 5.69 Å². The number of anilines is 1. The van der Waals surface area contributed by atoms with E-state index in [1.807, 2.05) is 13.8 Å². The van der Waals surface area contributed by atoms with Crippen LogP contribution in [0.5, 0.6) is 0 Å². The summed E-state index contributed by atoms with van der Waals surface area (Å²) >= 11 is 0. The zero-order valence-corrected chi connectivity index (χ0v) is 14.8. The Bertz CT molecular complexity index is 729. The van der Waals surface area contributed by atoms with Crippen molar-refractivity contribution in [2.24, 2.45) is 0 Å². The number of sulfonamides is 1. The molecule has 0 saturated carbocycles. The van der Waals surface area contributed by atoms with Crippen LogP contribution in [-0.4, -0.2) is 37.3 Å². The lowest BCUT2D eigenvalue weighted by atomic mass is 10.1. The minimum Gasteiger partial charge on any atom is -0.309 e. The molecule has 3 rings (SSSR count). The van der Waals surface area contributed by atoms with Gasteiger partial charge in [0.05, 0.1) is 4.90 Å². The maximum absolute atomic E-state index is 12.9. The van der Waals surface area contributed by atoms with Crippen molar-refractivity contribution in [3.05, 3.63) is 23.8 Å². The number of carbonyl (C=O) groups is 1. The average molecular weight is 336 g/mol. The SMILES string of the molecule is CC(=O)N1c2ccc(S(=O)(=O)N3CCCC[C@H]3C)cc2C[C@@H]1C. The fourth-order valence-corrected chi connectivity index (χ4v) is 5.56. The van der Waals surface area contributed by atoms with Crippen molar-refractivity contribution >= 4 is 21.6 Å². The van der Waals surface area contributed by atoms with E-state index in [1.165, 1.54) is 0 Å². The van der Waals surface area contributed by atoms with Crippen LogP contribution < -0.4 is 4.90 Å². The van der Waals surface area contributed by atoms with Gasteiger partial charge in [-0.05, 0) is 56.9 Å². The van der Waals surface area contributed by atoms with Gasteiger partial charge in [-0.25, -0.2) is 8.42 Å². The summed E-state index contributed by atoms with van der Waals surface area (Å²) in [5.74, 6) is -0.00323. The van der Waals surface area contributed by atoms with Crippen molar-refractivity contribution in [3.8, 4) is 0 Å². The van der Waals surface area contributed by atoms with Crippen molar-refractivity contribution in [2.75, 3.05) is 11.4 Å². The third kappa shape index (κ3) is 2.78. The number of benzene rings is 1. The van der Waals surface area contributed by atoms with Gasteiger partial charge in [0.1, 0.15) is 0 Å². The molecule has 0 radical (unpaired) electrons. The second-order valence-electron chi connectivity index (χ2n) is 6.69. The third-order valence-corrected chi connectivity index (χ3v) is 6.96. The number of hydrogen-bond donors (Lipinski definition) is 0. The molecule has 5 nitrogen and oxygen atoms in total. The summed E-state index contributed by atoms with van der Waals surface area (Å²) < 4.78 is 27.5. The predicted octanol–water partition coefficient (Wildman–Crippen LogP) is 2.55. The molecule has 0 bridgehead atoms. The number of nitrogens with zero attached hydrogens (tertiary/aromatic N) is 2. The van der Waals surface area contributed by atoms with Crippen molar-refractivity contribution in [1.29, 1.82) is 0 Å². The molecule has 2 atom stereocenters. The van der Waals surface area contributed by atoms with Crippen LogP contribution in [0.15, 0.2) is 23.1 Å². The van der Waals surface area contributed by atoms with Crippen LogP contribution in [0.3, 0.4) is 0 Å². The Balaban J connectivity index is 1.97. The van der Waals surface area contributed by atoms with Gasteiger partial charge in [-0.3, -0.25) is 4.79 Å². The topological polar surface area (TPSA) is 57.7 Å². The highest BCUT2D eigenvalue weighted by atomic mass is 32.2. The minimum absolute atomic E-state index is 0.00323. The van der Waals surface area contributed by atoms with Crippen LogP contribution in [0, 0.1) is 0 Å². The molecule has 0 aliphatic carbocycles. The summed E-state index contributed by atoms with van der Waals surface area (Å²) in [5.41, 5.74) is 1.79. The maximum atomic E-state index is 12.9. The van der Waals surface area contributed by atoms with Crippen molar-refractivity contribution in [1.82, 2.24) is 4.31 Å². The lowest BCUT2D eigenvalue weighted by Crippen LogP contribution is -2.41. The van der Waals surface area contributed by atoms with E-state index in [-0.39, 0.29) is 18.0 Å². The molecular weight excluding hydrogens is 312 g/mol. The van der Waals surface area contributed by atoms with E-state index in [0.717, 1.165) is 30.5 Å². The Labute approximate surface area is 138 Å². The number of carbonyl (C=O) groups excluding carboxylic acids is 1. The zero-order chi connectivity index (χ0) is 16.8. The van der Waals surface area contributed by atoms with Crippen LogP contribution in [0.25, 0.3) is 0 Å². The highest BCUT2D eigenvalue weighted by Gasteiger charge is 2.34. The van der Waals surface area contributed by atoms with Crippen LogP contribution in [0.1, 0.15) is 45.6 Å². The molecule has 0 aromatic heterocycles. The molecule has 2 aliphatic rings. The average Bonchev–Trinajstić information content (AvgIpc) is 2.82. The number of fused-ring (bicyclic) bond motifs is 1. The van der Waals surface area contributed by atoms with E-state index in [4.69, 9.17) is 0 Å². The number of amides is 1. The molecule has 1 aromatic carbocycles. The Morgan fingerprint density at radius 3 is 2.57 bits per heavy atom. The molecule has 1 saturated heterocycles. The largest absolute Gasteiger partial charge is 0.309 e. The Hall–Kier alpha value is -1.40. The quantitative estimate of drug-likeness (QED) is 0.834. The van der Waals surface area contributed by atoms with Crippen molar-refractivity contribution in [3.63, 3.8) is 0 Å². The van der Waals surface area contributed by atoms with Gasteiger partial charge in [-0.1, -0.05) is 6.42 Å². The zero-order valence-electron chi connectivity index (χ0n) is 13.9. The van der Waals surface area contributed by atoms with Gasteiger partial charge in [-0.2, -0.15) is 4.31 Å². The smallest absolute Gasteiger partial charge is 0.243 e. The molecule has 0 spiro atoms. The van der Waals surface area contributed by atoms with E-state index in [2.05, 4.69) is 0 Å². The lowest BCUT2D eigenvalue weighted by molar-refractivity contribution is -0.116. The summed E-state index contributed by atoms with van der Waals surface area (Å²) in [6, 6.07) is 5.31. The number of piperidine rings is 1. The summed E-state index contributed by atoms with van der Waals surface area (Å²) in [6.07, 6.45) is 3.62. The number of rotatable bonds is 2. The summed E-state index contributed by atoms with van der Waals surface area (Å²) in [5, 5.41) is 0. The van der Waals surface area contributed by atoms with Crippen LogP contribution in [-0.2, 0) is 21.2 Å². The molecule has 0 unspecified atom stereocenters. The van der Waals surface area contributed by atoms with E-state index in [0.29, 0.717) is 17.9 Å². The van der Waals surface area contributed by atoms with E-state index < -0.39 is 10.0 Å². The van der Waals surface area contributed by atoms with Gasteiger partial charge in [0.2, 0.25) is 15.9 Å². The molecule has 2 heterocycles. The molecule has 0 N–H and O–H groups in total. The van der Waals surface area contributed by atoms with Gasteiger partial charge in [0.25, 0.3) is 0 Å². The molecule has 6 heteroatoms. The fraction of sp³-hybridized carbons (Fsp3) is 0.588. The third-order valence-electron chi connectivity index (χ3n) is 4.95. The summed E-state index contributed by atoms with van der Waals surface area (Å²) in [6.45, 7) is 6.11. The molecule has 2 aliphatic heterocycles. The summed E-state index contributed by atoms with van der Waals surface area (Å²) in [4.78, 5) is 13.9. The van der Waals surface area contributed by atoms with Gasteiger partial charge in [0.15, 0.2) is 0 Å². The molecule has 1 fully saturated rings. The van der Waals surface area contributed by atoms with Gasteiger partial charge < -0.3 is 4.90 Å². The fourth-order valence-electron chi connectivity index (χ4n) is 3.81. The van der Waals surface area contributed by atoms with Crippen molar-refractivity contribution in [2.45, 2.75) is 63.4 Å². The first kappa shape index (κ1) is 16.5. The second-order valence-corrected chi connectivity index (χ2v) is 8.58. The van der Waals surface area contributed by atoms with E-state index >= 15 is 0 Å². The maximum Gasteiger partial charge on any atom is 0.243 e. The van der Waals surface area contributed by atoms with Gasteiger partial charge >= 0.3 is 0 Å². The minimum atomic E-state index is -3.46. The van der Waals surface area contributed by atoms with E-state index in [1.54, 1.807) is 34.3 Å².